The summed E-state index contributed by atoms with van der Waals surface area (Å²) in [5, 5.41) is 5.93. The second-order valence-corrected chi connectivity index (χ2v) is 5.71. The quantitative estimate of drug-likeness (QED) is 0.879. The van der Waals surface area contributed by atoms with Gasteiger partial charge in [-0.05, 0) is 32.0 Å². The van der Waals surface area contributed by atoms with Crippen LogP contribution in [0.3, 0.4) is 0 Å². The van der Waals surface area contributed by atoms with Gasteiger partial charge in [-0.1, -0.05) is 0 Å². The minimum Gasteiger partial charge on any atom is -0.350 e. The van der Waals surface area contributed by atoms with Gasteiger partial charge >= 0.3 is 0 Å². The molecule has 21 heavy (non-hydrogen) atoms. The van der Waals surface area contributed by atoms with Crippen molar-refractivity contribution < 1.29 is 13.6 Å². The van der Waals surface area contributed by atoms with E-state index in [4.69, 9.17) is 0 Å². The van der Waals surface area contributed by atoms with Crippen molar-refractivity contribution in [2.75, 3.05) is 26.2 Å². The minimum atomic E-state index is -0.675. The SMILES string of the molecule is CC(C)(C(=O)NCc1cc(F)ccc1F)N1CCNCC1. The third-order valence-corrected chi connectivity index (χ3v) is 3.91. The van der Waals surface area contributed by atoms with Gasteiger partial charge in [-0.3, -0.25) is 9.69 Å². The predicted molar refractivity (Wildman–Crippen MR) is 76.7 cm³/mol. The van der Waals surface area contributed by atoms with Gasteiger partial charge in [0, 0.05) is 38.3 Å². The van der Waals surface area contributed by atoms with Crippen LogP contribution in [0.1, 0.15) is 19.4 Å². The van der Waals surface area contributed by atoms with Crippen molar-refractivity contribution in [2.45, 2.75) is 25.9 Å². The molecule has 0 atom stereocenters. The first-order valence-electron chi connectivity index (χ1n) is 7.09. The predicted octanol–water partition coefficient (Wildman–Crippen LogP) is 1.26. The summed E-state index contributed by atoms with van der Waals surface area (Å²) in [5.41, 5.74) is -0.522. The molecule has 6 heteroatoms. The highest BCUT2D eigenvalue weighted by molar-refractivity contribution is 5.85. The standard InChI is InChI=1S/C15H21F2N3O/c1-15(2,20-7-5-18-6-8-20)14(21)19-10-11-9-12(16)3-4-13(11)17/h3-4,9,18H,5-8,10H2,1-2H3,(H,19,21). The fourth-order valence-electron chi connectivity index (χ4n) is 2.44. The average molecular weight is 297 g/mol. The third kappa shape index (κ3) is 3.77. The number of piperazine rings is 1. The van der Waals surface area contributed by atoms with E-state index in [0.717, 1.165) is 44.4 Å². The maximum atomic E-state index is 13.5. The lowest BCUT2D eigenvalue weighted by Gasteiger charge is -2.39. The molecule has 1 saturated heterocycles. The zero-order chi connectivity index (χ0) is 15.5. The Labute approximate surface area is 123 Å². The fraction of sp³-hybridized carbons (Fsp3) is 0.533. The summed E-state index contributed by atoms with van der Waals surface area (Å²) in [4.78, 5) is 14.4. The summed E-state index contributed by atoms with van der Waals surface area (Å²) < 4.78 is 26.6. The number of rotatable bonds is 4. The molecule has 0 saturated carbocycles. The summed E-state index contributed by atoms with van der Waals surface area (Å²) in [7, 11) is 0. The normalized spacial score (nSPS) is 16.8. The number of hydrogen-bond acceptors (Lipinski definition) is 3. The molecular formula is C15H21F2N3O. The number of nitrogens with one attached hydrogen (secondary N) is 2. The molecule has 1 aliphatic rings. The lowest BCUT2D eigenvalue weighted by molar-refractivity contribution is -0.132. The highest BCUT2D eigenvalue weighted by Gasteiger charge is 2.34. The molecule has 0 spiro atoms. The van der Waals surface area contributed by atoms with Crippen LogP contribution in [0.5, 0.6) is 0 Å². The van der Waals surface area contributed by atoms with E-state index >= 15 is 0 Å². The molecule has 0 aliphatic carbocycles. The molecule has 1 heterocycles. The smallest absolute Gasteiger partial charge is 0.240 e. The van der Waals surface area contributed by atoms with Crippen LogP contribution >= 0.6 is 0 Å². The van der Waals surface area contributed by atoms with Gasteiger partial charge in [-0.25, -0.2) is 8.78 Å². The van der Waals surface area contributed by atoms with Gasteiger partial charge < -0.3 is 10.6 Å². The van der Waals surface area contributed by atoms with E-state index in [0.29, 0.717) is 0 Å². The van der Waals surface area contributed by atoms with E-state index in [1.807, 2.05) is 13.8 Å². The molecule has 1 aliphatic heterocycles. The molecule has 0 bridgehead atoms. The zero-order valence-corrected chi connectivity index (χ0v) is 12.4. The van der Waals surface area contributed by atoms with Crippen molar-refractivity contribution in [3.05, 3.63) is 35.4 Å². The number of nitrogens with zero attached hydrogens (tertiary/aromatic N) is 1. The van der Waals surface area contributed by atoms with E-state index in [-0.39, 0.29) is 18.0 Å². The number of amides is 1. The minimum absolute atomic E-state index is 0.0159. The summed E-state index contributed by atoms with van der Waals surface area (Å²) in [6.45, 7) is 6.93. The van der Waals surface area contributed by atoms with Crippen molar-refractivity contribution in [3.8, 4) is 0 Å². The van der Waals surface area contributed by atoms with Crippen LogP contribution in [0.15, 0.2) is 18.2 Å². The van der Waals surface area contributed by atoms with Gasteiger partial charge in [0.05, 0.1) is 5.54 Å². The lowest BCUT2D eigenvalue weighted by Crippen LogP contribution is -2.59. The van der Waals surface area contributed by atoms with Crippen LogP contribution in [0.4, 0.5) is 8.78 Å². The molecule has 1 aromatic rings. The van der Waals surface area contributed by atoms with Gasteiger partial charge in [-0.2, -0.15) is 0 Å². The molecule has 2 rings (SSSR count). The Morgan fingerprint density at radius 2 is 2.00 bits per heavy atom. The summed E-state index contributed by atoms with van der Waals surface area (Å²) in [6.07, 6.45) is 0. The second-order valence-electron chi connectivity index (χ2n) is 5.71. The first-order chi connectivity index (χ1) is 9.91. The lowest BCUT2D eigenvalue weighted by atomic mass is 10.0. The Kier molecular flexibility index (Phi) is 4.90. The molecule has 0 unspecified atom stereocenters. The van der Waals surface area contributed by atoms with E-state index in [2.05, 4.69) is 15.5 Å². The van der Waals surface area contributed by atoms with E-state index < -0.39 is 17.2 Å². The van der Waals surface area contributed by atoms with Gasteiger partial charge in [0.15, 0.2) is 0 Å². The summed E-state index contributed by atoms with van der Waals surface area (Å²) in [5.74, 6) is -1.22. The molecule has 1 aromatic carbocycles. The second kappa shape index (κ2) is 6.49. The number of hydrogen-bond donors (Lipinski definition) is 2. The molecular weight excluding hydrogens is 276 g/mol. The first kappa shape index (κ1) is 15.9. The van der Waals surface area contributed by atoms with Crippen molar-refractivity contribution in [2.24, 2.45) is 0 Å². The van der Waals surface area contributed by atoms with Crippen LogP contribution in [0, 0.1) is 11.6 Å². The fourth-order valence-corrected chi connectivity index (χ4v) is 2.44. The van der Waals surface area contributed by atoms with E-state index in [9.17, 15) is 13.6 Å². The van der Waals surface area contributed by atoms with Crippen molar-refractivity contribution in [1.82, 2.24) is 15.5 Å². The van der Waals surface area contributed by atoms with Crippen LogP contribution < -0.4 is 10.6 Å². The first-order valence-corrected chi connectivity index (χ1v) is 7.09. The molecule has 2 N–H and O–H groups in total. The topological polar surface area (TPSA) is 44.4 Å². The van der Waals surface area contributed by atoms with Gasteiger partial charge in [-0.15, -0.1) is 0 Å². The van der Waals surface area contributed by atoms with Crippen molar-refractivity contribution in [1.29, 1.82) is 0 Å². The van der Waals surface area contributed by atoms with Crippen LogP contribution in [0.2, 0.25) is 0 Å². The monoisotopic (exact) mass is 297 g/mol. The van der Waals surface area contributed by atoms with E-state index in [1.54, 1.807) is 0 Å². The summed E-state index contributed by atoms with van der Waals surface area (Å²) >= 11 is 0. The summed E-state index contributed by atoms with van der Waals surface area (Å²) in [6, 6.07) is 3.23. The van der Waals surface area contributed by atoms with Crippen molar-refractivity contribution in [3.63, 3.8) is 0 Å². The third-order valence-electron chi connectivity index (χ3n) is 3.91. The molecule has 1 fully saturated rings. The van der Waals surface area contributed by atoms with Crippen LogP contribution in [-0.4, -0.2) is 42.5 Å². The Hall–Kier alpha value is -1.53. The van der Waals surface area contributed by atoms with Crippen LogP contribution in [0.25, 0.3) is 0 Å². The zero-order valence-electron chi connectivity index (χ0n) is 12.4. The highest BCUT2D eigenvalue weighted by atomic mass is 19.1. The Morgan fingerprint density at radius 3 is 2.67 bits per heavy atom. The Morgan fingerprint density at radius 1 is 1.33 bits per heavy atom. The Bertz CT molecular complexity index is 514. The molecule has 1 amide bonds. The van der Waals surface area contributed by atoms with E-state index in [1.165, 1.54) is 0 Å². The molecule has 116 valence electrons. The van der Waals surface area contributed by atoms with Gasteiger partial charge in [0.1, 0.15) is 11.6 Å². The highest BCUT2D eigenvalue weighted by Crippen LogP contribution is 2.16. The molecule has 4 nitrogen and oxygen atoms in total. The van der Waals surface area contributed by atoms with Crippen LogP contribution in [-0.2, 0) is 11.3 Å². The molecule has 0 radical (unpaired) electrons. The maximum absolute atomic E-state index is 13.5. The number of carbonyl (C=O) groups excluding carboxylic acids is 1. The van der Waals surface area contributed by atoms with Gasteiger partial charge in [0.25, 0.3) is 0 Å². The molecule has 0 aromatic heterocycles. The average Bonchev–Trinajstić information content (AvgIpc) is 2.48. The largest absolute Gasteiger partial charge is 0.350 e. The van der Waals surface area contributed by atoms with Crippen molar-refractivity contribution >= 4 is 5.91 Å². The number of benzene rings is 1. The maximum Gasteiger partial charge on any atom is 0.240 e. The number of carbonyl (C=O) groups is 1. The van der Waals surface area contributed by atoms with Gasteiger partial charge in [0.2, 0.25) is 5.91 Å². The Balaban J connectivity index is 1.98. The number of halogens is 2.